The molecule has 0 spiro atoms. The van der Waals surface area contributed by atoms with E-state index in [1.165, 1.54) is 0 Å². The minimum Gasteiger partial charge on any atom is -0.461 e. The monoisotopic (exact) mass is 340 g/mol. The van der Waals surface area contributed by atoms with E-state index >= 15 is 0 Å². The summed E-state index contributed by atoms with van der Waals surface area (Å²) in [6, 6.07) is 7.95. The molecule has 0 amide bonds. The molecule has 0 radical (unpaired) electrons. The zero-order valence-electron chi connectivity index (χ0n) is 14.1. The molecule has 0 aliphatic carbocycles. The molecule has 1 saturated heterocycles. The third-order valence-electron chi connectivity index (χ3n) is 4.50. The van der Waals surface area contributed by atoms with Crippen molar-refractivity contribution >= 4 is 5.82 Å². The second-order valence-electron chi connectivity index (χ2n) is 6.23. The predicted octanol–water partition coefficient (Wildman–Crippen LogP) is 2.22. The molecule has 8 heteroatoms. The van der Waals surface area contributed by atoms with Gasteiger partial charge < -0.3 is 13.8 Å². The lowest BCUT2D eigenvalue weighted by Crippen LogP contribution is -2.46. The number of hydrogen-bond donors (Lipinski definition) is 0. The molecule has 1 atom stereocenters. The van der Waals surface area contributed by atoms with E-state index in [0.717, 1.165) is 31.7 Å². The van der Waals surface area contributed by atoms with E-state index in [2.05, 4.69) is 37.2 Å². The van der Waals surface area contributed by atoms with Crippen LogP contribution in [0, 0.1) is 0 Å². The summed E-state index contributed by atoms with van der Waals surface area (Å²) in [5, 5.41) is 12.2. The molecular formula is C17H20N6O2. The molecule has 25 heavy (non-hydrogen) atoms. The summed E-state index contributed by atoms with van der Waals surface area (Å²) in [4.78, 5) is 8.95. The highest BCUT2D eigenvalue weighted by Crippen LogP contribution is 2.21. The quantitative estimate of drug-likeness (QED) is 0.699. The van der Waals surface area contributed by atoms with Crippen LogP contribution in [0.5, 0.6) is 0 Å². The number of anilines is 1. The van der Waals surface area contributed by atoms with Gasteiger partial charge in [-0.05, 0) is 44.2 Å². The van der Waals surface area contributed by atoms with Crippen LogP contribution in [0.3, 0.4) is 0 Å². The zero-order valence-corrected chi connectivity index (χ0v) is 14.1. The van der Waals surface area contributed by atoms with Crippen LogP contribution in [0.1, 0.15) is 18.7 Å². The molecule has 130 valence electrons. The number of nitrogens with zero attached hydrogens (tertiary/aromatic N) is 6. The van der Waals surface area contributed by atoms with E-state index in [4.69, 9.17) is 8.94 Å². The van der Waals surface area contributed by atoms with Crippen molar-refractivity contribution < 1.29 is 8.94 Å². The Morgan fingerprint density at radius 3 is 3.08 bits per heavy atom. The van der Waals surface area contributed by atoms with Crippen LogP contribution in [0.4, 0.5) is 5.82 Å². The number of piperidine rings is 1. The molecule has 1 aliphatic heterocycles. The van der Waals surface area contributed by atoms with Crippen molar-refractivity contribution in [2.75, 3.05) is 25.0 Å². The number of furan rings is 1. The van der Waals surface area contributed by atoms with E-state index in [1.54, 1.807) is 18.5 Å². The van der Waals surface area contributed by atoms with Crippen LogP contribution in [-0.2, 0) is 6.54 Å². The van der Waals surface area contributed by atoms with Crippen molar-refractivity contribution in [3.8, 4) is 11.6 Å². The highest BCUT2D eigenvalue weighted by molar-refractivity contribution is 5.44. The van der Waals surface area contributed by atoms with Gasteiger partial charge in [0.05, 0.1) is 12.8 Å². The average Bonchev–Trinajstić information content (AvgIpc) is 3.34. The molecule has 8 nitrogen and oxygen atoms in total. The van der Waals surface area contributed by atoms with Gasteiger partial charge in [-0.3, -0.25) is 4.90 Å². The van der Waals surface area contributed by atoms with Gasteiger partial charge in [-0.15, -0.1) is 5.10 Å². The fourth-order valence-electron chi connectivity index (χ4n) is 3.15. The summed E-state index contributed by atoms with van der Waals surface area (Å²) in [5.41, 5.74) is 0. The first-order valence-corrected chi connectivity index (χ1v) is 8.39. The third kappa shape index (κ3) is 3.53. The summed E-state index contributed by atoms with van der Waals surface area (Å²) >= 11 is 0. The molecule has 0 bridgehead atoms. The Labute approximate surface area is 145 Å². The predicted molar refractivity (Wildman–Crippen MR) is 90.7 cm³/mol. The van der Waals surface area contributed by atoms with Crippen molar-refractivity contribution in [2.24, 2.45) is 0 Å². The Hall–Kier alpha value is -2.74. The summed E-state index contributed by atoms with van der Waals surface area (Å²) in [7, 11) is 2.08. The normalized spacial score (nSPS) is 18.0. The molecule has 1 aliphatic rings. The summed E-state index contributed by atoms with van der Waals surface area (Å²) in [5.74, 6) is 2.62. The molecule has 4 heterocycles. The highest BCUT2D eigenvalue weighted by Gasteiger charge is 2.25. The molecule has 0 unspecified atom stereocenters. The SMILES string of the molecule is CN(Cc1nc(-c2ccco2)no1)[C@@H]1CCCN(c2cccnn2)C1. The van der Waals surface area contributed by atoms with Crippen LogP contribution in [-0.4, -0.2) is 51.4 Å². The second kappa shape index (κ2) is 7.02. The van der Waals surface area contributed by atoms with Gasteiger partial charge in [0.2, 0.25) is 11.7 Å². The Morgan fingerprint density at radius 1 is 1.32 bits per heavy atom. The van der Waals surface area contributed by atoms with Gasteiger partial charge >= 0.3 is 0 Å². The Bertz CT molecular complexity index is 789. The summed E-state index contributed by atoms with van der Waals surface area (Å²) in [6.07, 6.45) is 5.54. The number of aromatic nitrogens is 4. The van der Waals surface area contributed by atoms with Gasteiger partial charge in [0.15, 0.2) is 11.6 Å². The average molecular weight is 340 g/mol. The molecule has 1 fully saturated rings. The molecule has 0 N–H and O–H groups in total. The van der Waals surface area contributed by atoms with E-state index in [-0.39, 0.29) is 0 Å². The standard InChI is InChI=1S/C17H20N6O2/c1-22(12-16-19-17(21-25-16)14-6-4-10-24-14)13-5-3-9-23(11-13)15-7-2-8-18-20-15/h2,4,6-8,10,13H,3,5,9,11-12H2,1H3/t13-/m1/s1. The van der Waals surface area contributed by atoms with Crippen LogP contribution < -0.4 is 4.90 Å². The van der Waals surface area contributed by atoms with Crippen LogP contribution >= 0.6 is 0 Å². The molecule has 3 aromatic rings. The smallest absolute Gasteiger partial charge is 0.241 e. The number of likely N-dealkylation sites (N-methyl/N-ethyl adjacent to an activating group) is 1. The number of hydrogen-bond acceptors (Lipinski definition) is 8. The van der Waals surface area contributed by atoms with Crippen molar-refractivity contribution in [1.29, 1.82) is 0 Å². The van der Waals surface area contributed by atoms with Gasteiger partial charge in [0.25, 0.3) is 0 Å². The van der Waals surface area contributed by atoms with Crippen LogP contribution in [0.2, 0.25) is 0 Å². The van der Waals surface area contributed by atoms with Crippen molar-refractivity contribution in [3.05, 3.63) is 42.6 Å². The van der Waals surface area contributed by atoms with E-state index in [1.807, 2.05) is 18.2 Å². The van der Waals surface area contributed by atoms with Gasteiger partial charge in [-0.25, -0.2) is 0 Å². The fraction of sp³-hybridized carbons (Fsp3) is 0.412. The third-order valence-corrected chi connectivity index (χ3v) is 4.50. The second-order valence-corrected chi connectivity index (χ2v) is 6.23. The van der Waals surface area contributed by atoms with Gasteiger partial charge in [0, 0.05) is 25.3 Å². The van der Waals surface area contributed by atoms with Crippen molar-refractivity contribution in [3.63, 3.8) is 0 Å². The van der Waals surface area contributed by atoms with Gasteiger partial charge in [-0.1, -0.05) is 5.16 Å². The minimum absolute atomic E-state index is 0.398. The van der Waals surface area contributed by atoms with Gasteiger partial charge in [0.1, 0.15) is 0 Å². The topological polar surface area (TPSA) is 84.3 Å². The maximum absolute atomic E-state index is 5.36. The highest BCUT2D eigenvalue weighted by atomic mass is 16.5. The molecule has 0 aromatic carbocycles. The van der Waals surface area contributed by atoms with E-state index in [9.17, 15) is 0 Å². The Kier molecular flexibility index (Phi) is 4.43. The first-order chi connectivity index (χ1) is 12.3. The molecular weight excluding hydrogens is 320 g/mol. The summed E-state index contributed by atoms with van der Waals surface area (Å²) < 4.78 is 10.7. The Morgan fingerprint density at radius 2 is 2.28 bits per heavy atom. The molecule has 0 saturated carbocycles. The van der Waals surface area contributed by atoms with E-state index < -0.39 is 0 Å². The van der Waals surface area contributed by atoms with Crippen molar-refractivity contribution in [2.45, 2.75) is 25.4 Å². The first-order valence-electron chi connectivity index (χ1n) is 8.39. The lowest BCUT2D eigenvalue weighted by molar-refractivity contribution is 0.183. The van der Waals surface area contributed by atoms with Crippen molar-refractivity contribution in [1.82, 2.24) is 25.2 Å². The summed E-state index contributed by atoms with van der Waals surface area (Å²) in [6.45, 7) is 2.52. The maximum atomic E-state index is 5.36. The largest absolute Gasteiger partial charge is 0.461 e. The number of rotatable bonds is 5. The lowest BCUT2D eigenvalue weighted by Gasteiger charge is -2.37. The van der Waals surface area contributed by atoms with Crippen LogP contribution in [0.15, 0.2) is 45.7 Å². The molecule has 4 rings (SSSR count). The van der Waals surface area contributed by atoms with Gasteiger partial charge in [-0.2, -0.15) is 10.1 Å². The lowest BCUT2D eigenvalue weighted by atomic mass is 10.0. The fourth-order valence-corrected chi connectivity index (χ4v) is 3.15. The maximum Gasteiger partial charge on any atom is 0.241 e. The molecule has 3 aromatic heterocycles. The zero-order chi connectivity index (χ0) is 17.1. The Balaban J connectivity index is 1.40. The van der Waals surface area contributed by atoms with Crippen LogP contribution in [0.25, 0.3) is 11.6 Å². The van der Waals surface area contributed by atoms with E-state index in [0.29, 0.717) is 30.1 Å². The first kappa shape index (κ1) is 15.8. The minimum atomic E-state index is 0.398.